The van der Waals surface area contributed by atoms with Crippen LogP contribution in [0, 0.1) is 5.92 Å². The lowest BCUT2D eigenvalue weighted by molar-refractivity contribution is -0.120. The van der Waals surface area contributed by atoms with Gasteiger partial charge in [-0.25, -0.2) is 0 Å². The molecule has 0 amide bonds. The van der Waals surface area contributed by atoms with Gasteiger partial charge in [0, 0.05) is 17.4 Å². The van der Waals surface area contributed by atoms with Crippen molar-refractivity contribution in [1.82, 2.24) is 0 Å². The summed E-state index contributed by atoms with van der Waals surface area (Å²) in [6.07, 6.45) is 9.98. The molecule has 0 radical (unpaired) electrons. The average molecular weight is 373 g/mol. The first-order chi connectivity index (χ1) is 13.3. The Bertz CT molecular complexity index is 671. The van der Waals surface area contributed by atoms with E-state index in [1.807, 2.05) is 6.07 Å². The van der Waals surface area contributed by atoms with Gasteiger partial charge in [-0.3, -0.25) is 4.79 Å². The van der Waals surface area contributed by atoms with E-state index in [4.69, 9.17) is 14.3 Å². The summed E-state index contributed by atoms with van der Waals surface area (Å²) in [4.78, 5) is 16.1. The quantitative estimate of drug-likeness (QED) is 0.347. The monoisotopic (exact) mass is 373 g/mol. The number of carbonyl (C=O) groups is 1. The van der Waals surface area contributed by atoms with Crippen LogP contribution in [0.3, 0.4) is 0 Å². The van der Waals surface area contributed by atoms with Gasteiger partial charge < -0.3 is 14.3 Å². The first kappa shape index (κ1) is 19.7. The van der Waals surface area contributed by atoms with Crippen LogP contribution < -0.4 is 9.47 Å². The molecule has 0 bridgehead atoms. The second-order valence-corrected chi connectivity index (χ2v) is 7.64. The van der Waals surface area contributed by atoms with Crippen LogP contribution in [0.2, 0.25) is 0 Å². The number of ether oxygens (including phenoxy) is 2. The van der Waals surface area contributed by atoms with E-state index in [0.29, 0.717) is 18.1 Å². The maximum atomic E-state index is 11.1. The first-order valence-electron chi connectivity index (χ1n) is 10.3. The largest absolute Gasteiger partial charge is 0.493 e. The minimum absolute atomic E-state index is 0.268. The Hall–Kier alpha value is -2.04. The van der Waals surface area contributed by atoms with Gasteiger partial charge in [-0.2, -0.15) is 0 Å². The Morgan fingerprint density at radius 2 is 2.11 bits per heavy atom. The van der Waals surface area contributed by atoms with Gasteiger partial charge >= 0.3 is 0 Å². The molecular weight excluding hydrogens is 342 g/mol. The third-order valence-corrected chi connectivity index (χ3v) is 5.78. The zero-order valence-corrected chi connectivity index (χ0v) is 16.5. The van der Waals surface area contributed by atoms with E-state index < -0.39 is 0 Å². The van der Waals surface area contributed by atoms with Crippen molar-refractivity contribution in [3.63, 3.8) is 0 Å². The Morgan fingerprint density at radius 1 is 1.26 bits per heavy atom. The summed E-state index contributed by atoms with van der Waals surface area (Å²) in [5.41, 5.74) is 3.28. The third kappa shape index (κ3) is 4.82. The van der Waals surface area contributed by atoms with E-state index in [-0.39, 0.29) is 5.92 Å². The molecule has 1 saturated carbocycles. The maximum absolute atomic E-state index is 11.1. The summed E-state index contributed by atoms with van der Waals surface area (Å²) >= 11 is 0. The van der Waals surface area contributed by atoms with Gasteiger partial charge in [0.1, 0.15) is 18.6 Å². The molecule has 1 aliphatic heterocycles. The lowest BCUT2D eigenvalue weighted by atomic mass is 9.73. The number of nitrogens with zero attached hydrogens (tertiary/aromatic N) is 1. The van der Waals surface area contributed by atoms with E-state index in [1.54, 1.807) is 7.11 Å². The van der Waals surface area contributed by atoms with Crippen molar-refractivity contribution < 1.29 is 19.1 Å². The molecule has 0 spiro atoms. The molecule has 1 heterocycles. The standard InChI is InChI=1S/C22H31NO4/c1-3-4-5-6-7-8-16-11-20-22(21(12-16)27-15-24)19-13-18(23-25-2)10-9-17(19)14-26-20/h11-12,15,17,19H,3-10,13-14H2,1-2H3. The fourth-order valence-corrected chi connectivity index (χ4v) is 4.39. The van der Waals surface area contributed by atoms with Gasteiger partial charge in [0.15, 0.2) is 0 Å². The van der Waals surface area contributed by atoms with Gasteiger partial charge in [-0.15, -0.1) is 0 Å². The zero-order chi connectivity index (χ0) is 19.1. The van der Waals surface area contributed by atoms with Crippen LogP contribution in [0.5, 0.6) is 11.5 Å². The number of oxime groups is 1. The summed E-state index contributed by atoms with van der Waals surface area (Å²) in [6.45, 7) is 3.47. The molecule has 1 aliphatic carbocycles. The Kier molecular flexibility index (Phi) is 7.13. The molecule has 3 rings (SSSR count). The normalized spacial score (nSPS) is 22.5. The topological polar surface area (TPSA) is 57.1 Å². The van der Waals surface area contributed by atoms with E-state index >= 15 is 0 Å². The van der Waals surface area contributed by atoms with Crippen LogP contribution in [0.15, 0.2) is 17.3 Å². The van der Waals surface area contributed by atoms with Crippen molar-refractivity contribution in [2.24, 2.45) is 11.1 Å². The molecule has 0 N–H and O–H groups in total. The lowest BCUT2D eigenvalue weighted by Gasteiger charge is -2.38. The van der Waals surface area contributed by atoms with Gasteiger partial charge in [0.05, 0.1) is 12.3 Å². The minimum atomic E-state index is 0.268. The highest BCUT2D eigenvalue weighted by atomic mass is 16.6. The van der Waals surface area contributed by atoms with Gasteiger partial charge in [0.2, 0.25) is 0 Å². The van der Waals surface area contributed by atoms with Gasteiger partial charge in [-0.05, 0) is 49.8 Å². The van der Waals surface area contributed by atoms with E-state index in [1.165, 1.54) is 31.2 Å². The number of rotatable bonds is 9. The second-order valence-electron chi connectivity index (χ2n) is 7.64. The van der Waals surface area contributed by atoms with Crippen molar-refractivity contribution in [2.75, 3.05) is 13.7 Å². The molecule has 0 saturated heterocycles. The van der Waals surface area contributed by atoms with E-state index in [9.17, 15) is 4.79 Å². The average Bonchev–Trinajstić information content (AvgIpc) is 2.68. The number of unbranched alkanes of at least 4 members (excludes halogenated alkanes) is 4. The molecule has 2 aliphatic rings. The number of fused-ring (bicyclic) bond motifs is 3. The fourth-order valence-electron chi connectivity index (χ4n) is 4.39. The lowest BCUT2D eigenvalue weighted by Crippen LogP contribution is -2.32. The Morgan fingerprint density at radius 3 is 2.89 bits per heavy atom. The van der Waals surface area contributed by atoms with Gasteiger partial charge in [0.25, 0.3) is 6.47 Å². The van der Waals surface area contributed by atoms with Crippen LogP contribution in [0.25, 0.3) is 0 Å². The van der Waals surface area contributed by atoms with Crippen molar-refractivity contribution in [2.45, 2.75) is 70.6 Å². The van der Waals surface area contributed by atoms with Crippen LogP contribution >= 0.6 is 0 Å². The molecule has 1 aromatic carbocycles. The number of benzene rings is 1. The minimum Gasteiger partial charge on any atom is -0.493 e. The summed E-state index contributed by atoms with van der Waals surface area (Å²) in [5, 5.41) is 4.17. The van der Waals surface area contributed by atoms with E-state index in [0.717, 1.165) is 55.7 Å². The van der Waals surface area contributed by atoms with Crippen molar-refractivity contribution in [1.29, 1.82) is 0 Å². The number of carbonyl (C=O) groups excluding carboxylic acids is 1. The molecular formula is C22H31NO4. The summed E-state index contributed by atoms with van der Waals surface area (Å²) in [5.74, 6) is 2.23. The Balaban J connectivity index is 1.81. The van der Waals surface area contributed by atoms with Crippen LogP contribution in [0.1, 0.15) is 75.3 Å². The van der Waals surface area contributed by atoms with Crippen LogP contribution in [-0.2, 0) is 16.1 Å². The maximum Gasteiger partial charge on any atom is 0.298 e. The van der Waals surface area contributed by atoms with Gasteiger partial charge in [-0.1, -0.05) is 37.8 Å². The first-order valence-corrected chi connectivity index (χ1v) is 10.3. The highest BCUT2D eigenvalue weighted by Gasteiger charge is 2.38. The third-order valence-electron chi connectivity index (χ3n) is 5.78. The molecule has 148 valence electrons. The number of aryl methyl sites for hydroxylation is 1. The summed E-state index contributed by atoms with van der Waals surface area (Å²) in [7, 11) is 1.59. The number of hydrogen-bond donors (Lipinski definition) is 0. The highest BCUT2D eigenvalue weighted by molar-refractivity contribution is 5.86. The fraction of sp³-hybridized carbons (Fsp3) is 0.636. The molecule has 2 unspecified atom stereocenters. The molecule has 1 fully saturated rings. The molecule has 1 aromatic rings. The SMILES string of the molecule is CCCCCCCc1cc(OC=O)c2c(c1)OCC1CCC(=NOC)CC21. The zero-order valence-electron chi connectivity index (χ0n) is 16.5. The molecule has 5 heteroatoms. The predicted octanol–water partition coefficient (Wildman–Crippen LogP) is 5.01. The van der Waals surface area contributed by atoms with E-state index in [2.05, 4.69) is 18.1 Å². The van der Waals surface area contributed by atoms with Crippen molar-refractivity contribution >= 4 is 12.2 Å². The second kappa shape index (κ2) is 9.77. The Labute approximate surface area is 162 Å². The summed E-state index contributed by atoms with van der Waals surface area (Å²) in [6, 6.07) is 4.17. The summed E-state index contributed by atoms with van der Waals surface area (Å²) < 4.78 is 11.5. The molecule has 5 nitrogen and oxygen atoms in total. The molecule has 0 aromatic heterocycles. The number of hydrogen-bond acceptors (Lipinski definition) is 5. The predicted molar refractivity (Wildman–Crippen MR) is 106 cm³/mol. The smallest absolute Gasteiger partial charge is 0.298 e. The van der Waals surface area contributed by atoms with Crippen LogP contribution in [0.4, 0.5) is 0 Å². The highest BCUT2D eigenvalue weighted by Crippen LogP contribution is 2.49. The van der Waals surface area contributed by atoms with Crippen molar-refractivity contribution in [3.8, 4) is 11.5 Å². The van der Waals surface area contributed by atoms with Crippen LogP contribution in [-0.4, -0.2) is 25.9 Å². The molecule has 27 heavy (non-hydrogen) atoms. The van der Waals surface area contributed by atoms with Crippen molar-refractivity contribution in [3.05, 3.63) is 23.3 Å². The molecule has 2 atom stereocenters.